The predicted octanol–water partition coefficient (Wildman–Crippen LogP) is 2.76. The summed E-state index contributed by atoms with van der Waals surface area (Å²) in [5, 5.41) is 0. The highest BCUT2D eigenvalue weighted by molar-refractivity contribution is 5.86. The summed E-state index contributed by atoms with van der Waals surface area (Å²) in [6.07, 6.45) is 5.69. The Morgan fingerprint density at radius 2 is 1.74 bits per heavy atom. The molecule has 1 heterocycles. The highest BCUT2D eigenvalue weighted by Crippen LogP contribution is 2.23. The molecule has 0 aliphatic carbocycles. The van der Waals surface area contributed by atoms with E-state index in [1.165, 1.54) is 12.8 Å². The SMILES string of the molecule is O=CCC(C(=O)N1CCCCCC1)c1ccccc1. The van der Waals surface area contributed by atoms with E-state index in [1.54, 1.807) is 0 Å². The van der Waals surface area contributed by atoms with Gasteiger partial charge in [-0.1, -0.05) is 43.2 Å². The minimum absolute atomic E-state index is 0.111. The van der Waals surface area contributed by atoms with Crippen LogP contribution in [0.25, 0.3) is 0 Å². The van der Waals surface area contributed by atoms with E-state index < -0.39 is 0 Å². The number of nitrogens with zero attached hydrogens (tertiary/aromatic N) is 1. The van der Waals surface area contributed by atoms with E-state index in [2.05, 4.69) is 0 Å². The van der Waals surface area contributed by atoms with Gasteiger partial charge in [-0.25, -0.2) is 0 Å². The molecule has 3 nitrogen and oxygen atoms in total. The molecule has 1 amide bonds. The van der Waals surface area contributed by atoms with Crippen LogP contribution < -0.4 is 0 Å². The molecule has 1 saturated heterocycles. The Morgan fingerprint density at radius 1 is 1.11 bits per heavy atom. The van der Waals surface area contributed by atoms with Gasteiger partial charge in [-0.2, -0.15) is 0 Å². The zero-order chi connectivity index (χ0) is 13.5. The van der Waals surface area contributed by atoms with E-state index in [9.17, 15) is 9.59 Å². The van der Waals surface area contributed by atoms with Crippen LogP contribution in [0.15, 0.2) is 30.3 Å². The smallest absolute Gasteiger partial charge is 0.230 e. The van der Waals surface area contributed by atoms with Crippen molar-refractivity contribution in [1.82, 2.24) is 4.90 Å². The number of carbonyl (C=O) groups excluding carboxylic acids is 2. The van der Waals surface area contributed by atoms with Crippen molar-refractivity contribution in [1.29, 1.82) is 0 Å². The highest BCUT2D eigenvalue weighted by atomic mass is 16.2. The lowest BCUT2D eigenvalue weighted by Gasteiger charge is -2.25. The number of amides is 1. The van der Waals surface area contributed by atoms with Crippen LogP contribution >= 0.6 is 0 Å². The Hall–Kier alpha value is -1.64. The summed E-state index contributed by atoms with van der Waals surface area (Å²) in [6.45, 7) is 1.67. The molecule has 3 heteroatoms. The van der Waals surface area contributed by atoms with Crippen molar-refractivity contribution in [3.05, 3.63) is 35.9 Å². The fourth-order valence-electron chi connectivity index (χ4n) is 2.67. The Labute approximate surface area is 114 Å². The molecule has 0 spiro atoms. The molecule has 102 valence electrons. The molecular formula is C16H21NO2. The quantitative estimate of drug-likeness (QED) is 0.780. The lowest BCUT2D eigenvalue weighted by Crippen LogP contribution is -2.36. The lowest BCUT2D eigenvalue weighted by molar-refractivity contribution is -0.133. The number of carbonyl (C=O) groups is 2. The number of aldehydes is 1. The molecule has 19 heavy (non-hydrogen) atoms. The average Bonchev–Trinajstić information content (AvgIpc) is 2.74. The zero-order valence-corrected chi connectivity index (χ0v) is 11.3. The van der Waals surface area contributed by atoms with Crippen molar-refractivity contribution in [2.45, 2.75) is 38.0 Å². The van der Waals surface area contributed by atoms with Gasteiger partial charge in [0.1, 0.15) is 6.29 Å². The van der Waals surface area contributed by atoms with Crippen LogP contribution in [0, 0.1) is 0 Å². The Morgan fingerprint density at radius 3 is 2.32 bits per heavy atom. The first-order valence-corrected chi connectivity index (χ1v) is 7.10. The summed E-state index contributed by atoms with van der Waals surface area (Å²) in [5.41, 5.74) is 0.948. The summed E-state index contributed by atoms with van der Waals surface area (Å²) in [4.78, 5) is 25.4. The van der Waals surface area contributed by atoms with E-state index in [0.29, 0.717) is 0 Å². The average molecular weight is 259 g/mol. The molecule has 0 saturated carbocycles. The van der Waals surface area contributed by atoms with Gasteiger partial charge < -0.3 is 9.69 Å². The summed E-state index contributed by atoms with van der Waals surface area (Å²) in [7, 11) is 0. The van der Waals surface area contributed by atoms with Gasteiger partial charge in [0.15, 0.2) is 0 Å². The molecule has 1 aliphatic rings. The minimum Gasteiger partial charge on any atom is -0.342 e. The number of benzene rings is 1. The van der Waals surface area contributed by atoms with Crippen molar-refractivity contribution < 1.29 is 9.59 Å². The van der Waals surface area contributed by atoms with Gasteiger partial charge in [0.05, 0.1) is 5.92 Å². The van der Waals surface area contributed by atoms with Gasteiger partial charge in [0.2, 0.25) is 5.91 Å². The third-order valence-electron chi connectivity index (χ3n) is 3.75. The fourth-order valence-corrected chi connectivity index (χ4v) is 2.67. The van der Waals surface area contributed by atoms with Gasteiger partial charge >= 0.3 is 0 Å². The lowest BCUT2D eigenvalue weighted by atomic mass is 9.94. The second kappa shape index (κ2) is 7.07. The highest BCUT2D eigenvalue weighted by Gasteiger charge is 2.25. The van der Waals surface area contributed by atoms with Gasteiger partial charge in [-0.3, -0.25) is 4.79 Å². The summed E-state index contributed by atoms with van der Waals surface area (Å²) >= 11 is 0. The Balaban J connectivity index is 2.13. The molecule has 1 unspecified atom stereocenters. The molecule has 1 aromatic carbocycles. The van der Waals surface area contributed by atoms with Crippen LogP contribution in [0.4, 0.5) is 0 Å². The molecular weight excluding hydrogens is 238 g/mol. The molecule has 2 rings (SSSR count). The van der Waals surface area contributed by atoms with Crippen molar-refractivity contribution in [3.8, 4) is 0 Å². The molecule has 1 aliphatic heterocycles. The molecule has 0 N–H and O–H groups in total. The molecule has 0 radical (unpaired) electrons. The van der Waals surface area contributed by atoms with Gasteiger partial charge in [0.25, 0.3) is 0 Å². The fraction of sp³-hybridized carbons (Fsp3) is 0.500. The van der Waals surface area contributed by atoms with Crippen molar-refractivity contribution in [3.63, 3.8) is 0 Å². The summed E-state index contributed by atoms with van der Waals surface area (Å²) in [5.74, 6) is -0.197. The van der Waals surface area contributed by atoms with E-state index in [0.717, 1.165) is 37.8 Å². The zero-order valence-electron chi connectivity index (χ0n) is 11.3. The third kappa shape index (κ3) is 3.66. The van der Waals surface area contributed by atoms with Crippen LogP contribution in [-0.4, -0.2) is 30.2 Å². The Bertz CT molecular complexity index is 408. The maximum absolute atomic E-state index is 12.6. The molecule has 1 fully saturated rings. The van der Waals surface area contributed by atoms with Crippen molar-refractivity contribution in [2.75, 3.05) is 13.1 Å². The van der Waals surface area contributed by atoms with Gasteiger partial charge in [-0.05, 0) is 18.4 Å². The van der Waals surface area contributed by atoms with Crippen LogP contribution in [0.1, 0.15) is 43.6 Å². The number of hydrogen-bond donors (Lipinski definition) is 0. The maximum Gasteiger partial charge on any atom is 0.230 e. The number of hydrogen-bond acceptors (Lipinski definition) is 2. The summed E-state index contributed by atoms with van der Waals surface area (Å²) < 4.78 is 0. The normalized spacial score (nSPS) is 17.6. The predicted molar refractivity (Wildman–Crippen MR) is 74.9 cm³/mol. The van der Waals surface area contributed by atoms with Gasteiger partial charge in [0, 0.05) is 19.5 Å². The Kier molecular flexibility index (Phi) is 5.13. The van der Waals surface area contributed by atoms with Crippen LogP contribution in [-0.2, 0) is 9.59 Å². The molecule has 1 atom stereocenters. The first-order valence-electron chi connectivity index (χ1n) is 7.10. The van der Waals surface area contributed by atoms with E-state index >= 15 is 0 Å². The van der Waals surface area contributed by atoms with Crippen LogP contribution in [0.3, 0.4) is 0 Å². The second-order valence-corrected chi connectivity index (χ2v) is 5.11. The summed E-state index contributed by atoms with van der Waals surface area (Å²) in [6, 6.07) is 9.64. The molecule has 0 bridgehead atoms. The van der Waals surface area contributed by atoms with E-state index in [1.807, 2.05) is 35.2 Å². The topological polar surface area (TPSA) is 37.4 Å². The van der Waals surface area contributed by atoms with Crippen molar-refractivity contribution in [2.24, 2.45) is 0 Å². The monoisotopic (exact) mass is 259 g/mol. The van der Waals surface area contributed by atoms with E-state index in [-0.39, 0.29) is 18.2 Å². The van der Waals surface area contributed by atoms with Crippen molar-refractivity contribution >= 4 is 12.2 Å². The number of rotatable bonds is 4. The van der Waals surface area contributed by atoms with Crippen LogP contribution in [0.2, 0.25) is 0 Å². The standard InChI is InChI=1S/C16H21NO2/c18-13-10-15(14-8-4-3-5-9-14)16(19)17-11-6-1-2-7-12-17/h3-5,8-9,13,15H,1-2,6-7,10-12H2. The third-order valence-corrected chi connectivity index (χ3v) is 3.75. The maximum atomic E-state index is 12.6. The first-order chi connectivity index (χ1) is 9.33. The first kappa shape index (κ1) is 13.8. The largest absolute Gasteiger partial charge is 0.342 e. The second-order valence-electron chi connectivity index (χ2n) is 5.11. The number of likely N-dealkylation sites (tertiary alicyclic amines) is 1. The van der Waals surface area contributed by atoms with Gasteiger partial charge in [-0.15, -0.1) is 0 Å². The molecule has 1 aromatic rings. The van der Waals surface area contributed by atoms with Crippen LogP contribution in [0.5, 0.6) is 0 Å². The minimum atomic E-state index is -0.309. The van der Waals surface area contributed by atoms with E-state index in [4.69, 9.17) is 0 Å². The molecule has 0 aromatic heterocycles.